The molecule has 2 heterocycles. The second-order valence-corrected chi connectivity index (χ2v) is 6.26. The van der Waals surface area contributed by atoms with Gasteiger partial charge in [0.1, 0.15) is 0 Å². The van der Waals surface area contributed by atoms with Crippen LogP contribution < -0.4 is 10.2 Å². The first-order valence-electron chi connectivity index (χ1n) is 8.53. The van der Waals surface area contributed by atoms with Crippen LogP contribution in [-0.2, 0) is 0 Å². The van der Waals surface area contributed by atoms with Gasteiger partial charge >= 0.3 is 0 Å². The largest absolute Gasteiger partial charge is 0.395 e. The molecule has 0 radical (unpaired) electrons. The van der Waals surface area contributed by atoms with Crippen LogP contribution >= 0.6 is 0 Å². The van der Waals surface area contributed by atoms with E-state index < -0.39 is 5.82 Å². The molecule has 0 aliphatic carbocycles. The van der Waals surface area contributed by atoms with Crippen molar-refractivity contribution in [2.24, 2.45) is 0 Å². The molecule has 1 saturated heterocycles. The Morgan fingerprint density at radius 3 is 2.52 bits per heavy atom. The van der Waals surface area contributed by atoms with Crippen molar-refractivity contribution in [3.63, 3.8) is 0 Å². The number of aliphatic hydroxyl groups is 1. The summed E-state index contributed by atoms with van der Waals surface area (Å²) in [6.07, 6.45) is 0. The zero-order valence-electron chi connectivity index (χ0n) is 14.7. The predicted molar refractivity (Wildman–Crippen MR) is 96.9 cm³/mol. The Bertz CT molecular complexity index is 731. The molecule has 6 nitrogen and oxygen atoms in total. The Labute approximate surface area is 147 Å². The van der Waals surface area contributed by atoms with Crippen LogP contribution in [0.1, 0.15) is 11.3 Å². The number of β-amino-alcohol motifs (C(OH)–C–C–N with tert-alkyl or cyclic N) is 1. The van der Waals surface area contributed by atoms with E-state index in [0.717, 1.165) is 37.4 Å². The van der Waals surface area contributed by atoms with Crippen molar-refractivity contribution in [2.75, 3.05) is 49.5 Å². The Morgan fingerprint density at radius 1 is 1.12 bits per heavy atom. The quantitative estimate of drug-likeness (QED) is 0.865. The van der Waals surface area contributed by atoms with Gasteiger partial charge in [-0.15, -0.1) is 0 Å². The minimum Gasteiger partial charge on any atom is -0.395 e. The zero-order valence-corrected chi connectivity index (χ0v) is 14.7. The normalized spacial score (nSPS) is 15.4. The van der Waals surface area contributed by atoms with Crippen LogP contribution in [0.3, 0.4) is 0 Å². The van der Waals surface area contributed by atoms with E-state index in [9.17, 15) is 4.39 Å². The summed E-state index contributed by atoms with van der Waals surface area (Å²) < 4.78 is 14.5. The molecule has 0 bridgehead atoms. The highest BCUT2D eigenvalue weighted by molar-refractivity contribution is 5.62. The molecule has 134 valence electrons. The topological polar surface area (TPSA) is 64.5 Å². The molecule has 0 unspecified atom stereocenters. The minimum atomic E-state index is -0.425. The molecule has 0 atom stereocenters. The van der Waals surface area contributed by atoms with Gasteiger partial charge in [-0.1, -0.05) is 18.2 Å². The number of hydrogen-bond acceptors (Lipinski definition) is 6. The highest BCUT2D eigenvalue weighted by Gasteiger charge is 2.21. The van der Waals surface area contributed by atoms with Gasteiger partial charge in [-0.3, -0.25) is 4.90 Å². The number of para-hydroxylation sites is 1. The molecule has 1 fully saturated rings. The standard InChI is InChI=1S/C18H24FN5O/c1-13-5-3-4-6-15(13)21-17-16(19)14(2)20-18(22-17)24-9-7-23(8-10-24)11-12-25/h3-6,25H,7-12H2,1-2H3,(H,20,21,22). The van der Waals surface area contributed by atoms with Gasteiger partial charge in [0.25, 0.3) is 0 Å². The molecule has 3 rings (SSSR count). The lowest BCUT2D eigenvalue weighted by Gasteiger charge is -2.34. The average molecular weight is 345 g/mol. The molecule has 2 aromatic rings. The number of aromatic nitrogens is 2. The summed E-state index contributed by atoms with van der Waals surface area (Å²) in [5, 5.41) is 12.1. The van der Waals surface area contributed by atoms with Crippen molar-refractivity contribution in [3.05, 3.63) is 41.3 Å². The van der Waals surface area contributed by atoms with Crippen LogP contribution in [-0.4, -0.2) is 59.3 Å². The Morgan fingerprint density at radius 2 is 1.84 bits per heavy atom. The van der Waals surface area contributed by atoms with Gasteiger partial charge in [-0.2, -0.15) is 4.98 Å². The monoisotopic (exact) mass is 345 g/mol. The van der Waals surface area contributed by atoms with Gasteiger partial charge < -0.3 is 15.3 Å². The van der Waals surface area contributed by atoms with Gasteiger partial charge in [0.15, 0.2) is 11.6 Å². The van der Waals surface area contributed by atoms with Crippen molar-refractivity contribution >= 4 is 17.5 Å². The van der Waals surface area contributed by atoms with E-state index in [0.29, 0.717) is 18.2 Å². The van der Waals surface area contributed by atoms with E-state index in [4.69, 9.17) is 5.11 Å². The molecule has 25 heavy (non-hydrogen) atoms. The summed E-state index contributed by atoms with van der Waals surface area (Å²) in [6, 6.07) is 7.72. The van der Waals surface area contributed by atoms with Crippen molar-refractivity contribution in [1.82, 2.24) is 14.9 Å². The summed E-state index contributed by atoms with van der Waals surface area (Å²) in [5.74, 6) is 0.319. The Balaban J connectivity index is 1.80. The number of anilines is 3. The van der Waals surface area contributed by atoms with Crippen LogP contribution in [0.4, 0.5) is 21.8 Å². The molecular formula is C18H24FN5O. The number of aryl methyl sites for hydroxylation is 2. The first kappa shape index (κ1) is 17.6. The van der Waals surface area contributed by atoms with Crippen molar-refractivity contribution < 1.29 is 9.50 Å². The maximum absolute atomic E-state index is 14.5. The van der Waals surface area contributed by atoms with Crippen molar-refractivity contribution in [1.29, 1.82) is 0 Å². The fraction of sp³-hybridized carbons (Fsp3) is 0.444. The summed E-state index contributed by atoms with van der Waals surface area (Å²) in [4.78, 5) is 13.0. The fourth-order valence-electron chi connectivity index (χ4n) is 2.92. The molecular weight excluding hydrogens is 321 g/mol. The van der Waals surface area contributed by atoms with E-state index in [2.05, 4.69) is 25.1 Å². The van der Waals surface area contributed by atoms with Gasteiger partial charge in [0.05, 0.1) is 12.3 Å². The highest BCUT2D eigenvalue weighted by atomic mass is 19.1. The smallest absolute Gasteiger partial charge is 0.227 e. The number of nitrogens with zero attached hydrogens (tertiary/aromatic N) is 4. The van der Waals surface area contributed by atoms with Gasteiger partial charge in [-0.05, 0) is 25.5 Å². The van der Waals surface area contributed by atoms with Crippen LogP contribution in [0.5, 0.6) is 0 Å². The van der Waals surface area contributed by atoms with Gasteiger partial charge in [0.2, 0.25) is 5.95 Å². The van der Waals surface area contributed by atoms with Crippen LogP contribution in [0.25, 0.3) is 0 Å². The molecule has 1 aromatic carbocycles. The Hall–Kier alpha value is -2.25. The van der Waals surface area contributed by atoms with Crippen LogP contribution in [0.15, 0.2) is 24.3 Å². The van der Waals surface area contributed by atoms with E-state index in [-0.39, 0.29) is 12.4 Å². The number of piperazine rings is 1. The van der Waals surface area contributed by atoms with Crippen LogP contribution in [0.2, 0.25) is 0 Å². The molecule has 0 saturated carbocycles. The summed E-state index contributed by atoms with van der Waals surface area (Å²) >= 11 is 0. The lowest BCUT2D eigenvalue weighted by atomic mass is 10.2. The van der Waals surface area contributed by atoms with Crippen molar-refractivity contribution in [2.45, 2.75) is 13.8 Å². The summed E-state index contributed by atoms with van der Waals surface area (Å²) in [7, 11) is 0. The first-order chi connectivity index (χ1) is 12.1. The molecule has 7 heteroatoms. The molecule has 1 aliphatic rings. The van der Waals surface area contributed by atoms with E-state index in [1.807, 2.05) is 31.2 Å². The third-order valence-electron chi connectivity index (χ3n) is 4.47. The number of benzene rings is 1. The second kappa shape index (κ2) is 7.76. The summed E-state index contributed by atoms with van der Waals surface area (Å²) in [6.45, 7) is 7.65. The van der Waals surface area contributed by atoms with Crippen LogP contribution in [0, 0.1) is 19.7 Å². The fourth-order valence-corrected chi connectivity index (χ4v) is 2.92. The molecule has 1 aromatic heterocycles. The SMILES string of the molecule is Cc1ccccc1Nc1nc(N2CCN(CCO)CC2)nc(C)c1F. The molecule has 0 spiro atoms. The van der Waals surface area contributed by atoms with Gasteiger partial charge in [0, 0.05) is 38.4 Å². The lowest BCUT2D eigenvalue weighted by molar-refractivity contribution is 0.188. The minimum absolute atomic E-state index is 0.163. The molecule has 0 amide bonds. The highest BCUT2D eigenvalue weighted by Crippen LogP contribution is 2.24. The third-order valence-corrected chi connectivity index (χ3v) is 4.47. The third kappa shape index (κ3) is 4.05. The number of aliphatic hydroxyl groups excluding tert-OH is 1. The number of halogens is 1. The number of nitrogens with one attached hydrogen (secondary N) is 1. The maximum atomic E-state index is 14.5. The van der Waals surface area contributed by atoms with Gasteiger partial charge in [-0.25, -0.2) is 9.37 Å². The second-order valence-electron chi connectivity index (χ2n) is 6.26. The maximum Gasteiger partial charge on any atom is 0.227 e. The molecule has 1 aliphatic heterocycles. The first-order valence-corrected chi connectivity index (χ1v) is 8.53. The Kier molecular flexibility index (Phi) is 5.45. The predicted octanol–water partition coefficient (Wildman–Crippen LogP) is 2.09. The number of rotatable bonds is 5. The van der Waals surface area contributed by atoms with E-state index >= 15 is 0 Å². The average Bonchev–Trinajstić information content (AvgIpc) is 2.61. The number of hydrogen-bond donors (Lipinski definition) is 2. The molecule has 2 N–H and O–H groups in total. The van der Waals surface area contributed by atoms with E-state index in [1.165, 1.54) is 0 Å². The lowest BCUT2D eigenvalue weighted by Crippen LogP contribution is -2.47. The van der Waals surface area contributed by atoms with E-state index in [1.54, 1.807) is 6.92 Å². The van der Waals surface area contributed by atoms with Crippen molar-refractivity contribution in [3.8, 4) is 0 Å². The zero-order chi connectivity index (χ0) is 17.8. The summed E-state index contributed by atoms with van der Waals surface area (Å²) in [5.41, 5.74) is 2.19.